The molecule has 1 aromatic carbocycles. The molecule has 106 valence electrons. The van der Waals surface area contributed by atoms with E-state index in [4.69, 9.17) is 9.84 Å². The van der Waals surface area contributed by atoms with E-state index in [0.29, 0.717) is 11.0 Å². The molecule has 0 bridgehead atoms. The molecule has 7 heteroatoms. The number of carboxylic acids is 1. The minimum atomic E-state index is -0.878. The monoisotopic (exact) mass is 293 g/mol. The highest BCUT2D eigenvalue weighted by Gasteiger charge is 2.13. The van der Waals surface area contributed by atoms with E-state index >= 15 is 0 Å². The summed E-state index contributed by atoms with van der Waals surface area (Å²) in [6, 6.07) is 5.78. The Bertz CT molecular complexity index is 640. The van der Waals surface area contributed by atoms with Crippen molar-refractivity contribution >= 4 is 17.7 Å². The number of thioether (sulfide) groups is 1. The largest absolute Gasteiger partial charge is 0.496 e. The molecule has 1 N–H and O–H groups in total. The zero-order valence-corrected chi connectivity index (χ0v) is 12.3. The van der Waals surface area contributed by atoms with Crippen molar-refractivity contribution in [2.45, 2.75) is 12.1 Å². The topological polar surface area (TPSA) is 77.2 Å². The molecule has 0 spiro atoms. The first-order valence-electron chi connectivity index (χ1n) is 5.92. The number of rotatable bonds is 5. The molecule has 1 aromatic heterocycles. The molecule has 1 heterocycles. The normalized spacial score (nSPS) is 10.6. The highest BCUT2D eigenvalue weighted by Crippen LogP contribution is 2.27. The predicted molar refractivity (Wildman–Crippen MR) is 76.1 cm³/mol. The summed E-state index contributed by atoms with van der Waals surface area (Å²) >= 11 is 1.14. The number of aliphatic carboxylic acids is 1. The lowest BCUT2D eigenvalue weighted by atomic mass is 10.1. The Morgan fingerprint density at radius 2 is 2.20 bits per heavy atom. The smallest absolute Gasteiger partial charge is 0.313 e. The Morgan fingerprint density at radius 3 is 2.85 bits per heavy atom. The van der Waals surface area contributed by atoms with Crippen LogP contribution in [0.1, 0.15) is 5.56 Å². The van der Waals surface area contributed by atoms with Crippen molar-refractivity contribution in [3.05, 3.63) is 23.8 Å². The van der Waals surface area contributed by atoms with Crippen LogP contribution in [0.4, 0.5) is 0 Å². The van der Waals surface area contributed by atoms with Crippen molar-refractivity contribution in [2.75, 3.05) is 12.9 Å². The summed E-state index contributed by atoms with van der Waals surface area (Å²) in [5.74, 6) is 0.543. The minimum Gasteiger partial charge on any atom is -0.496 e. The Labute approximate surface area is 120 Å². The number of aryl methyl sites for hydroxylation is 1. The van der Waals surface area contributed by atoms with Gasteiger partial charge in [0.05, 0.1) is 12.9 Å². The van der Waals surface area contributed by atoms with Gasteiger partial charge in [0.25, 0.3) is 0 Å². The van der Waals surface area contributed by atoms with Gasteiger partial charge in [0.1, 0.15) is 5.75 Å². The lowest BCUT2D eigenvalue weighted by molar-refractivity contribution is -0.133. The zero-order valence-electron chi connectivity index (χ0n) is 11.5. The maximum Gasteiger partial charge on any atom is 0.313 e. The van der Waals surface area contributed by atoms with Gasteiger partial charge < -0.3 is 14.4 Å². The van der Waals surface area contributed by atoms with Crippen molar-refractivity contribution in [1.82, 2.24) is 14.8 Å². The molecule has 2 rings (SSSR count). The third-order valence-electron chi connectivity index (χ3n) is 2.83. The van der Waals surface area contributed by atoms with Crippen LogP contribution in [-0.4, -0.2) is 38.7 Å². The van der Waals surface area contributed by atoms with Crippen molar-refractivity contribution < 1.29 is 14.6 Å². The fourth-order valence-corrected chi connectivity index (χ4v) is 2.41. The second-order valence-corrected chi connectivity index (χ2v) is 5.17. The maximum atomic E-state index is 10.6. The van der Waals surface area contributed by atoms with Crippen molar-refractivity contribution in [2.24, 2.45) is 7.05 Å². The first kappa shape index (κ1) is 14.4. The van der Waals surface area contributed by atoms with Gasteiger partial charge >= 0.3 is 5.97 Å². The SMILES string of the molecule is COc1cc(-c2nnc(SCC(=O)O)n2C)ccc1C. The molecule has 0 amide bonds. The minimum absolute atomic E-state index is 0.0385. The molecule has 0 atom stereocenters. The van der Waals surface area contributed by atoms with Gasteiger partial charge in [-0.2, -0.15) is 0 Å². The Balaban J connectivity index is 2.31. The zero-order chi connectivity index (χ0) is 14.7. The highest BCUT2D eigenvalue weighted by molar-refractivity contribution is 7.99. The van der Waals surface area contributed by atoms with E-state index in [1.165, 1.54) is 0 Å². The van der Waals surface area contributed by atoms with E-state index in [9.17, 15) is 4.79 Å². The number of nitrogens with zero attached hydrogens (tertiary/aromatic N) is 3. The van der Waals surface area contributed by atoms with Gasteiger partial charge in [-0.1, -0.05) is 23.9 Å². The average Bonchev–Trinajstić information content (AvgIpc) is 2.78. The van der Waals surface area contributed by atoms with Crippen LogP contribution in [0, 0.1) is 6.92 Å². The first-order valence-corrected chi connectivity index (χ1v) is 6.90. The molecular weight excluding hydrogens is 278 g/mol. The number of ether oxygens (including phenoxy) is 1. The second-order valence-electron chi connectivity index (χ2n) is 4.23. The number of hydrogen-bond donors (Lipinski definition) is 1. The van der Waals surface area contributed by atoms with Gasteiger partial charge in [-0.25, -0.2) is 0 Å². The molecule has 20 heavy (non-hydrogen) atoms. The molecule has 6 nitrogen and oxygen atoms in total. The molecule has 0 fully saturated rings. The van der Waals surface area contributed by atoms with E-state index in [-0.39, 0.29) is 5.75 Å². The van der Waals surface area contributed by atoms with Crippen molar-refractivity contribution in [1.29, 1.82) is 0 Å². The lowest BCUT2D eigenvalue weighted by Gasteiger charge is -2.07. The van der Waals surface area contributed by atoms with Gasteiger partial charge in [-0.3, -0.25) is 4.79 Å². The summed E-state index contributed by atoms with van der Waals surface area (Å²) in [5.41, 5.74) is 1.92. The van der Waals surface area contributed by atoms with Gasteiger partial charge in [-0.15, -0.1) is 10.2 Å². The maximum absolute atomic E-state index is 10.6. The third-order valence-corrected chi connectivity index (χ3v) is 3.83. The van der Waals surface area contributed by atoms with Gasteiger partial charge in [-0.05, 0) is 18.6 Å². The summed E-state index contributed by atoms with van der Waals surface area (Å²) < 4.78 is 7.07. The number of carboxylic acid groups (broad SMARTS) is 1. The fourth-order valence-electron chi connectivity index (χ4n) is 1.78. The molecule has 0 unspecified atom stereocenters. The summed E-state index contributed by atoms with van der Waals surface area (Å²) in [7, 11) is 3.43. The summed E-state index contributed by atoms with van der Waals surface area (Å²) in [4.78, 5) is 10.6. The van der Waals surface area contributed by atoms with Crippen LogP contribution in [-0.2, 0) is 11.8 Å². The number of methoxy groups -OCH3 is 1. The number of aromatic nitrogens is 3. The van der Waals surface area contributed by atoms with Crippen LogP contribution in [0.2, 0.25) is 0 Å². The summed E-state index contributed by atoms with van der Waals surface area (Å²) in [6.45, 7) is 1.97. The molecule has 2 aromatic rings. The van der Waals surface area contributed by atoms with E-state index in [0.717, 1.165) is 28.6 Å². The van der Waals surface area contributed by atoms with Gasteiger partial charge in [0.2, 0.25) is 0 Å². The first-order chi connectivity index (χ1) is 9.52. The number of carbonyl (C=O) groups is 1. The van der Waals surface area contributed by atoms with E-state index in [2.05, 4.69) is 10.2 Å². The quantitative estimate of drug-likeness (QED) is 0.849. The highest BCUT2D eigenvalue weighted by atomic mass is 32.2. The van der Waals surface area contributed by atoms with E-state index < -0.39 is 5.97 Å². The standard InChI is InChI=1S/C13H15N3O3S/c1-8-4-5-9(6-10(8)19-3)12-14-15-13(16(12)2)20-7-11(17)18/h4-6H,7H2,1-3H3,(H,17,18). The van der Waals surface area contributed by atoms with Crippen LogP contribution in [0.3, 0.4) is 0 Å². The molecule has 0 radical (unpaired) electrons. The molecular formula is C13H15N3O3S. The third kappa shape index (κ3) is 2.93. The molecule has 0 aliphatic carbocycles. The number of benzene rings is 1. The Kier molecular flexibility index (Phi) is 4.29. The van der Waals surface area contributed by atoms with Crippen molar-refractivity contribution in [3.63, 3.8) is 0 Å². The average molecular weight is 293 g/mol. The van der Waals surface area contributed by atoms with Crippen LogP contribution in [0.5, 0.6) is 5.75 Å². The molecule has 0 saturated heterocycles. The van der Waals surface area contributed by atoms with Gasteiger partial charge in [0, 0.05) is 12.6 Å². The molecule has 0 aliphatic rings. The van der Waals surface area contributed by atoms with Crippen LogP contribution >= 0.6 is 11.8 Å². The van der Waals surface area contributed by atoms with E-state index in [1.807, 2.05) is 32.2 Å². The van der Waals surface area contributed by atoms with E-state index in [1.54, 1.807) is 11.7 Å². The summed E-state index contributed by atoms with van der Waals surface area (Å²) in [6.07, 6.45) is 0. The molecule has 0 aliphatic heterocycles. The van der Waals surface area contributed by atoms with Crippen LogP contribution in [0.25, 0.3) is 11.4 Å². The van der Waals surface area contributed by atoms with Crippen LogP contribution in [0.15, 0.2) is 23.4 Å². The van der Waals surface area contributed by atoms with Crippen LogP contribution < -0.4 is 4.74 Å². The summed E-state index contributed by atoms with van der Waals surface area (Å²) in [5, 5.41) is 17.4. The Morgan fingerprint density at radius 1 is 1.45 bits per heavy atom. The van der Waals surface area contributed by atoms with Gasteiger partial charge in [0.15, 0.2) is 11.0 Å². The molecule has 0 saturated carbocycles. The lowest BCUT2D eigenvalue weighted by Crippen LogP contribution is -2.01. The fraction of sp³-hybridized carbons (Fsp3) is 0.308. The second kappa shape index (κ2) is 5.96. The van der Waals surface area contributed by atoms with Crippen molar-refractivity contribution in [3.8, 4) is 17.1 Å². The number of hydrogen-bond acceptors (Lipinski definition) is 5. The predicted octanol–water partition coefficient (Wildman–Crippen LogP) is 1.98. The Hall–Kier alpha value is -2.02.